The van der Waals surface area contributed by atoms with Crippen LogP contribution in [-0.2, 0) is 9.53 Å². The Labute approximate surface area is 108 Å². The van der Waals surface area contributed by atoms with Crippen molar-refractivity contribution in [3.05, 3.63) is 0 Å². The maximum absolute atomic E-state index is 11.9. The number of rotatable bonds is 3. The highest BCUT2D eigenvalue weighted by Gasteiger charge is 2.46. The van der Waals surface area contributed by atoms with E-state index in [4.69, 9.17) is 4.74 Å². The number of amides is 1. The summed E-state index contributed by atoms with van der Waals surface area (Å²) in [4.78, 5) is 24.8. The van der Waals surface area contributed by atoms with Gasteiger partial charge in [0.1, 0.15) is 5.60 Å². The van der Waals surface area contributed by atoms with Gasteiger partial charge >= 0.3 is 12.1 Å². The first-order valence-electron chi connectivity index (χ1n) is 6.41. The Morgan fingerprint density at radius 3 is 2.44 bits per heavy atom. The molecule has 104 valence electrons. The molecule has 1 aliphatic rings. The first-order valence-corrected chi connectivity index (χ1v) is 6.41. The Bertz CT molecular complexity index is 334. The van der Waals surface area contributed by atoms with Gasteiger partial charge in [-0.25, -0.2) is 4.79 Å². The van der Waals surface area contributed by atoms with Gasteiger partial charge in [0.2, 0.25) is 0 Å². The Kier molecular flexibility index (Phi) is 4.24. The lowest BCUT2D eigenvalue weighted by atomic mass is 9.83. The van der Waals surface area contributed by atoms with Crippen molar-refractivity contribution in [2.45, 2.75) is 52.6 Å². The molecule has 0 radical (unpaired) electrons. The van der Waals surface area contributed by atoms with Crippen molar-refractivity contribution in [1.82, 2.24) is 4.90 Å². The summed E-state index contributed by atoms with van der Waals surface area (Å²) in [7, 11) is 0. The molecular weight excluding hydrogens is 234 g/mol. The third kappa shape index (κ3) is 3.37. The van der Waals surface area contributed by atoms with Crippen LogP contribution in [0.5, 0.6) is 0 Å². The molecule has 0 bridgehead atoms. The summed E-state index contributed by atoms with van der Waals surface area (Å²) >= 11 is 0. The van der Waals surface area contributed by atoms with Crippen LogP contribution in [0.15, 0.2) is 0 Å². The average molecular weight is 257 g/mol. The van der Waals surface area contributed by atoms with Gasteiger partial charge in [-0.3, -0.25) is 4.79 Å². The second-order valence-corrected chi connectivity index (χ2v) is 5.99. The fourth-order valence-electron chi connectivity index (χ4n) is 2.32. The second kappa shape index (κ2) is 5.16. The van der Waals surface area contributed by atoms with Crippen LogP contribution in [0.4, 0.5) is 4.79 Å². The Balaban J connectivity index is 2.69. The zero-order chi connectivity index (χ0) is 14.0. The summed E-state index contributed by atoms with van der Waals surface area (Å²) in [6.07, 6.45) is 1.49. The lowest BCUT2D eigenvalue weighted by Crippen LogP contribution is -2.39. The third-order valence-electron chi connectivity index (χ3n) is 3.19. The molecule has 1 N–H and O–H groups in total. The Morgan fingerprint density at radius 1 is 1.39 bits per heavy atom. The summed E-state index contributed by atoms with van der Waals surface area (Å²) in [5, 5.41) is 9.35. The van der Waals surface area contributed by atoms with Gasteiger partial charge in [0.05, 0.1) is 5.41 Å². The molecule has 1 saturated heterocycles. The number of hydrogen-bond acceptors (Lipinski definition) is 3. The molecule has 1 atom stereocenters. The fraction of sp³-hybridized carbons (Fsp3) is 0.846. The molecule has 5 heteroatoms. The standard InChI is InChI=1S/C13H23NO4/c1-5-6-13(10(15)16)7-8-14(9-13)11(17)18-12(2,3)4/h5-9H2,1-4H3,(H,15,16). The monoisotopic (exact) mass is 257 g/mol. The van der Waals surface area contributed by atoms with Crippen molar-refractivity contribution in [1.29, 1.82) is 0 Å². The lowest BCUT2D eigenvalue weighted by molar-refractivity contribution is -0.148. The molecule has 0 saturated carbocycles. The molecule has 0 aromatic rings. The maximum Gasteiger partial charge on any atom is 0.410 e. The molecule has 0 aromatic carbocycles. The molecule has 0 spiro atoms. The van der Waals surface area contributed by atoms with E-state index in [0.717, 1.165) is 6.42 Å². The highest BCUT2D eigenvalue weighted by atomic mass is 16.6. The van der Waals surface area contributed by atoms with Crippen molar-refractivity contribution in [3.8, 4) is 0 Å². The van der Waals surface area contributed by atoms with Crippen molar-refractivity contribution >= 4 is 12.1 Å². The van der Waals surface area contributed by atoms with Gasteiger partial charge < -0.3 is 14.7 Å². The van der Waals surface area contributed by atoms with Crippen LogP contribution in [0.1, 0.15) is 47.0 Å². The number of carbonyl (C=O) groups is 2. The van der Waals surface area contributed by atoms with E-state index in [2.05, 4.69) is 0 Å². The zero-order valence-corrected chi connectivity index (χ0v) is 11.7. The normalized spacial score (nSPS) is 24.1. The van der Waals surface area contributed by atoms with Gasteiger partial charge in [-0.05, 0) is 33.6 Å². The SMILES string of the molecule is CCCC1(C(=O)O)CCN(C(=O)OC(C)(C)C)C1. The molecule has 0 aliphatic carbocycles. The van der Waals surface area contributed by atoms with Gasteiger partial charge in [0.15, 0.2) is 0 Å². The number of carboxylic acids is 1. The van der Waals surface area contributed by atoms with E-state index in [9.17, 15) is 14.7 Å². The molecule has 0 aromatic heterocycles. The first-order chi connectivity index (χ1) is 8.20. The minimum Gasteiger partial charge on any atom is -0.481 e. The van der Waals surface area contributed by atoms with Crippen molar-refractivity contribution < 1.29 is 19.4 Å². The molecular formula is C13H23NO4. The molecule has 1 heterocycles. The maximum atomic E-state index is 11.9. The van der Waals surface area contributed by atoms with E-state index < -0.39 is 23.1 Å². The van der Waals surface area contributed by atoms with Crippen molar-refractivity contribution in [3.63, 3.8) is 0 Å². The summed E-state index contributed by atoms with van der Waals surface area (Å²) in [5.74, 6) is -0.810. The largest absolute Gasteiger partial charge is 0.481 e. The molecule has 1 aliphatic heterocycles. The van der Waals surface area contributed by atoms with Gasteiger partial charge in [0.25, 0.3) is 0 Å². The topological polar surface area (TPSA) is 66.8 Å². The van der Waals surface area contributed by atoms with E-state index in [1.165, 1.54) is 4.90 Å². The van der Waals surface area contributed by atoms with Gasteiger partial charge in [0, 0.05) is 13.1 Å². The molecule has 1 amide bonds. The lowest BCUT2D eigenvalue weighted by Gasteiger charge is -2.26. The number of nitrogens with zero attached hydrogens (tertiary/aromatic N) is 1. The average Bonchev–Trinajstić information content (AvgIpc) is 2.61. The Hall–Kier alpha value is -1.26. The van der Waals surface area contributed by atoms with Crippen LogP contribution in [0.2, 0.25) is 0 Å². The van der Waals surface area contributed by atoms with E-state index in [1.807, 2.05) is 6.92 Å². The Morgan fingerprint density at radius 2 is 2.00 bits per heavy atom. The van der Waals surface area contributed by atoms with Gasteiger partial charge in [-0.15, -0.1) is 0 Å². The van der Waals surface area contributed by atoms with Gasteiger partial charge in [-0.1, -0.05) is 13.3 Å². The summed E-state index contributed by atoms with van der Waals surface area (Å²) in [5.41, 5.74) is -1.33. The predicted molar refractivity (Wildman–Crippen MR) is 67.4 cm³/mol. The molecule has 5 nitrogen and oxygen atoms in total. The molecule has 18 heavy (non-hydrogen) atoms. The molecule has 1 unspecified atom stereocenters. The number of ether oxygens (including phenoxy) is 1. The first kappa shape index (κ1) is 14.8. The summed E-state index contributed by atoms with van der Waals surface area (Å²) in [6.45, 7) is 8.08. The van der Waals surface area contributed by atoms with E-state index in [-0.39, 0.29) is 6.54 Å². The number of likely N-dealkylation sites (tertiary alicyclic amines) is 1. The minimum atomic E-state index is -0.810. The van der Waals surface area contributed by atoms with Crippen LogP contribution in [0, 0.1) is 5.41 Å². The van der Waals surface area contributed by atoms with Crippen LogP contribution >= 0.6 is 0 Å². The van der Waals surface area contributed by atoms with Crippen LogP contribution in [0.25, 0.3) is 0 Å². The van der Waals surface area contributed by atoms with E-state index >= 15 is 0 Å². The quantitative estimate of drug-likeness (QED) is 0.843. The van der Waals surface area contributed by atoms with E-state index in [1.54, 1.807) is 20.8 Å². The highest BCUT2D eigenvalue weighted by molar-refractivity contribution is 5.78. The number of hydrogen-bond donors (Lipinski definition) is 1. The van der Waals surface area contributed by atoms with Crippen molar-refractivity contribution in [2.75, 3.05) is 13.1 Å². The fourth-order valence-corrected chi connectivity index (χ4v) is 2.32. The smallest absolute Gasteiger partial charge is 0.410 e. The number of carbonyl (C=O) groups excluding carboxylic acids is 1. The van der Waals surface area contributed by atoms with Crippen molar-refractivity contribution in [2.24, 2.45) is 5.41 Å². The van der Waals surface area contributed by atoms with Crippen LogP contribution in [0.3, 0.4) is 0 Å². The highest BCUT2D eigenvalue weighted by Crippen LogP contribution is 2.36. The van der Waals surface area contributed by atoms with Crippen LogP contribution < -0.4 is 0 Å². The number of carboxylic acid groups (broad SMARTS) is 1. The minimum absolute atomic E-state index is 0.255. The summed E-state index contributed by atoms with van der Waals surface area (Å²) < 4.78 is 5.27. The number of aliphatic carboxylic acids is 1. The van der Waals surface area contributed by atoms with Gasteiger partial charge in [-0.2, -0.15) is 0 Å². The van der Waals surface area contributed by atoms with Crippen LogP contribution in [-0.4, -0.2) is 40.8 Å². The molecule has 1 fully saturated rings. The third-order valence-corrected chi connectivity index (χ3v) is 3.19. The molecule has 1 rings (SSSR count). The van der Waals surface area contributed by atoms with E-state index in [0.29, 0.717) is 19.4 Å². The predicted octanol–water partition coefficient (Wildman–Crippen LogP) is 2.50. The summed E-state index contributed by atoms with van der Waals surface area (Å²) in [6, 6.07) is 0. The zero-order valence-electron chi connectivity index (χ0n) is 11.7. The second-order valence-electron chi connectivity index (χ2n) is 5.99.